The molecule has 0 fully saturated rings. The quantitative estimate of drug-likeness (QED) is 0.389. The smallest absolute Gasteiger partial charge is 0.146 e. The Bertz CT molecular complexity index is 109. The van der Waals surface area contributed by atoms with E-state index < -0.39 is 8.03 Å². The standard InChI is InChI=1S/C8H18O2P.Zn/c1-3-5-7-10-11(9)8-6-4-2;/h3-8H2,1-2H3;/q+1;. The molecule has 0 saturated carbocycles. The molecule has 0 heterocycles. The summed E-state index contributed by atoms with van der Waals surface area (Å²) in [4.78, 5) is 0. The van der Waals surface area contributed by atoms with Crippen molar-refractivity contribution in [2.45, 2.75) is 39.5 Å². The van der Waals surface area contributed by atoms with Crippen LogP contribution in [-0.2, 0) is 28.6 Å². The van der Waals surface area contributed by atoms with Crippen LogP contribution in [0.3, 0.4) is 0 Å². The van der Waals surface area contributed by atoms with Gasteiger partial charge in [-0.25, -0.2) is 0 Å². The molecule has 1 unspecified atom stereocenters. The van der Waals surface area contributed by atoms with Gasteiger partial charge in [-0.1, -0.05) is 26.7 Å². The van der Waals surface area contributed by atoms with E-state index in [4.69, 9.17) is 4.52 Å². The van der Waals surface area contributed by atoms with E-state index >= 15 is 0 Å². The predicted molar refractivity (Wildman–Crippen MR) is 48.2 cm³/mol. The third-order valence-corrected chi connectivity index (χ3v) is 2.58. The molecule has 0 bridgehead atoms. The normalized spacial score (nSPS) is 10.7. The zero-order valence-electron chi connectivity index (χ0n) is 8.21. The summed E-state index contributed by atoms with van der Waals surface area (Å²) in [6.07, 6.45) is 4.97. The largest absolute Gasteiger partial charge is 0.508 e. The molecule has 0 aliphatic heterocycles. The Labute approximate surface area is 89.1 Å². The monoisotopic (exact) mass is 241 g/mol. The first kappa shape index (κ1) is 15.2. The predicted octanol–water partition coefficient (Wildman–Crippen LogP) is 3.34. The molecule has 0 aliphatic rings. The number of hydrogen-bond acceptors (Lipinski definition) is 2. The van der Waals surface area contributed by atoms with Crippen molar-refractivity contribution in [1.82, 2.24) is 0 Å². The zero-order valence-corrected chi connectivity index (χ0v) is 12.1. The second-order valence-electron chi connectivity index (χ2n) is 2.60. The third-order valence-electron chi connectivity index (χ3n) is 1.43. The SMILES string of the molecule is CCCCO[P+](=O)CCCC.[Zn]. The molecule has 0 aromatic heterocycles. The molecule has 0 radical (unpaired) electrons. The average molecular weight is 243 g/mol. The van der Waals surface area contributed by atoms with Gasteiger partial charge in [-0.15, -0.1) is 4.52 Å². The van der Waals surface area contributed by atoms with Crippen LogP contribution in [0, 0.1) is 0 Å². The van der Waals surface area contributed by atoms with Crippen molar-refractivity contribution < 1.29 is 28.6 Å². The van der Waals surface area contributed by atoms with Crippen molar-refractivity contribution in [2.24, 2.45) is 0 Å². The molecule has 12 heavy (non-hydrogen) atoms. The van der Waals surface area contributed by atoms with Gasteiger partial charge in [-0.2, -0.15) is 0 Å². The summed E-state index contributed by atoms with van der Waals surface area (Å²) >= 11 is 0. The van der Waals surface area contributed by atoms with E-state index in [1.165, 1.54) is 0 Å². The van der Waals surface area contributed by atoms with Crippen molar-refractivity contribution in [3.05, 3.63) is 0 Å². The Morgan fingerprint density at radius 3 is 2.25 bits per heavy atom. The number of rotatable bonds is 7. The van der Waals surface area contributed by atoms with Gasteiger partial charge in [0.15, 0.2) is 6.16 Å². The molecule has 0 N–H and O–H groups in total. The molecule has 0 aromatic rings. The van der Waals surface area contributed by atoms with Gasteiger partial charge in [0.1, 0.15) is 6.61 Å². The van der Waals surface area contributed by atoms with Crippen LogP contribution in [0.5, 0.6) is 0 Å². The average Bonchev–Trinajstić information content (AvgIpc) is 2.01. The van der Waals surface area contributed by atoms with E-state index in [9.17, 15) is 4.57 Å². The minimum absolute atomic E-state index is 0. The maximum atomic E-state index is 11.0. The minimum Gasteiger partial charge on any atom is -0.146 e. The van der Waals surface area contributed by atoms with Gasteiger partial charge < -0.3 is 0 Å². The fourth-order valence-corrected chi connectivity index (χ4v) is 1.70. The Kier molecular flexibility index (Phi) is 14.8. The van der Waals surface area contributed by atoms with Crippen LogP contribution in [0.15, 0.2) is 0 Å². The van der Waals surface area contributed by atoms with Gasteiger partial charge in [0.2, 0.25) is 0 Å². The molecule has 4 heteroatoms. The molecule has 0 spiro atoms. The molecule has 0 saturated heterocycles. The summed E-state index contributed by atoms with van der Waals surface area (Å²) in [7, 11) is -1.35. The minimum atomic E-state index is -1.35. The van der Waals surface area contributed by atoms with Crippen LogP contribution in [0.1, 0.15) is 39.5 Å². The molecule has 2 nitrogen and oxygen atoms in total. The maximum absolute atomic E-state index is 11.0. The van der Waals surface area contributed by atoms with E-state index in [2.05, 4.69) is 13.8 Å². The zero-order chi connectivity index (χ0) is 8.53. The maximum Gasteiger partial charge on any atom is 0.508 e. The van der Waals surface area contributed by atoms with Gasteiger partial charge in [0.25, 0.3) is 0 Å². The van der Waals surface area contributed by atoms with Crippen LogP contribution in [0.25, 0.3) is 0 Å². The topological polar surface area (TPSA) is 26.3 Å². The fourth-order valence-electron chi connectivity index (χ4n) is 0.662. The summed E-state index contributed by atoms with van der Waals surface area (Å²) in [6, 6.07) is 0. The van der Waals surface area contributed by atoms with Crippen LogP contribution >= 0.6 is 8.03 Å². The van der Waals surface area contributed by atoms with Crippen molar-refractivity contribution in [3.63, 3.8) is 0 Å². The first-order valence-corrected chi connectivity index (χ1v) is 5.75. The van der Waals surface area contributed by atoms with Gasteiger partial charge in [-0.3, -0.25) is 0 Å². The molecule has 0 rings (SSSR count). The summed E-state index contributed by atoms with van der Waals surface area (Å²) in [5, 5.41) is 0. The van der Waals surface area contributed by atoms with Gasteiger partial charge in [0.05, 0.1) is 0 Å². The van der Waals surface area contributed by atoms with E-state index in [0.717, 1.165) is 31.8 Å². The van der Waals surface area contributed by atoms with E-state index in [1.807, 2.05) is 0 Å². The van der Waals surface area contributed by atoms with Gasteiger partial charge >= 0.3 is 8.03 Å². The second kappa shape index (κ2) is 11.7. The van der Waals surface area contributed by atoms with Crippen molar-refractivity contribution in [2.75, 3.05) is 12.8 Å². The van der Waals surface area contributed by atoms with Crippen LogP contribution in [0.4, 0.5) is 0 Å². The molecule has 1 atom stereocenters. The Hall–Kier alpha value is 0.683. The van der Waals surface area contributed by atoms with Crippen LogP contribution in [0.2, 0.25) is 0 Å². The Balaban J connectivity index is 0. The summed E-state index contributed by atoms with van der Waals surface area (Å²) < 4.78 is 16.1. The van der Waals surface area contributed by atoms with E-state index in [0.29, 0.717) is 6.61 Å². The molecular weight excluding hydrogens is 224 g/mol. The van der Waals surface area contributed by atoms with E-state index in [-0.39, 0.29) is 19.5 Å². The number of hydrogen-bond donors (Lipinski definition) is 0. The third kappa shape index (κ3) is 10.7. The fraction of sp³-hybridized carbons (Fsp3) is 1.00. The Morgan fingerprint density at radius 2 is 1.75 bits per heavy atom. The molecule has 0 amide bonds. The van der Waals surface area contributed by atoms with Crippen LogP contribution < -0.4 is 0 Å². The molecule has 0 aliphatic carbocycles. The van der Waals surface area contributed by atoms with Crippen molar-refractivity contribution in [1.29, 1.82) is 0 Å². The van der Waals surface area contributed by atoms with E-state index in [1.54, 1.807) is 0 Å². The molecule has 68 valence electrons. The second-order valence-corrected chi connectivity index (χ2v) is 3.97. The summed E-state index contributed by atoms with van der Waals surface area (Å²) in [5.74, 6) is 0. The Morgan fingerprint density at radius 1 is 1.17 bits per heavy atom. The van der Waals surface area contributed by atoms with Crippen LogP contribution in [-0.4, -0.2) is 12.8 Å². The first-order chi connectivity index (χ1) is 5.31. The van der Waals surface area contributed by atoms with Gasteiger partial charge in [-0.05, 0) is 17.4 Å². The van der Waals surface area contributed by atoms with Crippen molar-refractivity contribution >= 4 is 8.03 Å². The van der Waals surface area contributed by atoms with Gasteiger partial charge in [0, 0.05) is 19.5 Å². The number of unbranched alkanes of at least 4 members (excludes halogenated alkanes) is 2. The molecular formula is C8H18O2PZn+. The summed E-state index contributed by atoms with van der Waals surface area (Å²) in [5.41, 5.74) is 0. The first-order valence-electron chi connectivity index (χ1n) is 4.38. The van der Waals surface area contributed by atoms with Crippen molar-refractivity contribution in [3.8, 4) is 0 Å². The molecule has 0 aromatic carbocycles. The summed E-state index contributed by atoms with van der Waals surface area (Å²) in [6.45, 7) is 4.85.